The van der Waals surface area contributed by atoms with E-state index in [1.54, 1.807) is 0 Å². The van der Waals surface area contributed by atoms with Crippen molar-refractivity contribution in [1.29, 1.82) is 0 Å². The average molecular weight is 803 g/mol. The molecule has 0 saturated carbocycles. The molecule has 0 bridgehead atoms. The lowest BCUT2D eigenvalue weighted by Gasteiger charge is -2.34. The second-order valence-corrected chi connectivity index (χ2v) is 15.8. The fraction of sp³-hybridized carbons (Fsp3) is 0.0169. The summed E-state index contributed by atoms with van der Waals surface area (Å²) < 4.78 is 0. The highest BCUT2D eigenvalue weighted by atomic mass is 15.0. The average Bonchev–Trinajstić information content (AvgIpc) is 3.68. The molecule has 0 atom stereocenters. The number of fused-ring (bicyclic) bond motifs is 3. The SMILES string of the molecule is [C-]#[N+]c1cccc2c1-c1ccc(-c3cccc(-c4nc(-c5ccc(-c6ccccc6)cc5)nc(-c5ccc(-c6ccccc6)cc5)n4)c3)cc1C2(c1ccccc1)c1ccccc1. The monoisotopic (exact) mass is 802 g/mol. The zero-order valence-electron chi connectivity index (χ0n) is 34.2. The van der Waals surface area contributed by atoms with Crippen molar-refractivity contribution >= 4 is 5.69 Å². The van der Waals surface area contributed by atoms with Crippen LogP contribution in [0.2, 0.25) is 0 Å². The quantitative estimate of drug-likeness (QED) is 0.144. The summed E-state index contributed by atoms with van der Waals surface area (Å²) in [6.07, 6.45) is 0. The van der Waals surface area contributed by atoms with Gasteiger partial charge in [-0.1, -0.05) is 218 Å². The van der Waals surface area contributed by atoms with Gasteiger partial charge in [0.1, 0.15) is 0 Å². The van der Waals surface area contributed by atoms with Crippen molar-refractivity contribution in [3.8, 4) is 78.7 Å². The number of aromatic nitrogens is 3. The largest absolute Gasteiger partial charge is 0.238 e. The van der Waals surface area contributed by atoms with Gasteiger partial charge in [0.15, 0.2) is 23.2 Å². The zero-order chi connectivity index (χ0) is 42.2. The van der Waals surface area contributed by atoms with Crippen molar-refractivity contribution in [3.63, 3.8) is 0 Å². The fourth-order valence-corrected chi connectivity index (χ4v) is 9.28. The molecule has 4 nitrogen and oxygen atoms in total. The van der Waals surface area contributed by atoms with Crippen molar-refractivity contribution in [2.45, 2.75) is 5.41 Å². The molecule has 1 aliphatic carbocycles. The Kier molecular flexibility index (Phi) is 9.41. The third kappa shape index (κ3) is 6.61. The predicted octanol–water partition coefficient (Wildman–Crippen LogP) is 14.8. The summed E-state index contributed by atoms with van der Waals surface area (Å²) in [5.41, 5.74) is 16.0. The molecule has 0 spiro atoms. The minimum absolute atomic E-state index is 0.592. The second-order valence-electron chi connectivity index (χ2n) is 15.8. The summed E-state index contributed by atoms with van der Waals surface area (Å²) in [5, 5.41) is 0. The van der Waals surface area contributed by atoms with E-state index < -0.39 is 5.41 Å². The van der Waals surface area contributed by atoms with Gasteiger partial charge < -0.3 is 0 Å². The molecule has 0 N–H and O–H groups in total. The van der Waals surface area contributed by atoms with Gasteiger partial charge in [0.05, 0.1) is 12.0 Å². The first kappa shape index (κ1) is 37.5. The second kappa shape index (κ2) is 15.8. The summed E-state index contributed by atoms with van der Waals surface area (Å²) in [4.78, 5) is 19.4. The molecule has 4 heteroatoms. The van der Waals surface area contributed by atoms with Gasteiger partial charge in [0.25, 0.3) is 0 Å². The molecule has 63 heavy (non-hydrogen) atoms. The molecule has 10 aromatic rings. The molecule has 1 heterocycles. The van der Waals surface area contributed by atoms with Gasteiger partial charge >= 0.3 is 0 Å². The van der Waals surface area contributed by atoms with Gasteiger partial charge in [-0.15, -0.1) is 0 Å². The molecule has 0 radical (unpaired) electrons. The van der Waals surface area contributed by atoms with Crippen LogP contribution in [0.25, 0.3) is 83.5 Å². The standard InChI is InChI=1S/C59H38N4/c1-60-54-27-15-26-52-55(54)51-37-36-47(39-53(51)59(52,49-22-10-4-11-23-49)50-24-12-5-13-25-50)46-20-14-21-48(38-46)58-62-56(44-32-28-42(29-33-44)40-16-6-2-7-17-40)61-57(63-58)45-34-30-43(31-35-45)41-18-8-3-9-19-41/h2-39H. The molecular formula is C59H38N4. The lowest BCUT2D eigenvalue weighted by Crippen LogP contribution is -2.28. The van der Waals surface area contributed by atoms with Crippen LogP contribution in [0.3, 0.4) is 0 Å². The van der Waals surface area contributed by atoms with E-state index in [-0.39, 0.29) is 0 Å². The van der Waals surface area contributed by atoms with Crippen LogP contribution in [0.15, 0.2) is 231 Å². The summed E-state index contributed by atoms with van der Waals surface area (Å²) in [6.45, 7) is 8.21. The molecule has 294 valence electrons. The molecule has 9 aromatic carbocycles. The van der Waals surface area contributed by atoms with Crippen LogP contribution >= 0.6 is 0 Å². The minimum Gasteiger partial charge on any atom is -0.238 e. The smallest absolute Gasteiger partial charge is 0.195 e. The highest BCUT2D eigenvalue weighted by Crippen LogP contribution is 2.59. The third-order valence-electron chi connectivity index (χ3n) is 12.3. The van der Waals surface area contributed by atoms with Gasteiger partial charge in [-0.2, -0.15) is 0 Å². The molecular weight excluding hydrogens is 765 g/mol. The predicted molar refractivity (Wildman–Crippen MR) is 256 cm³/mol. The molecule has 1 aliphatic rings. The summed E-state index contributed by atoms with van der Waals surface area (Å²) in [5.74, 6) is 1.80. The van der Waals surface area contributed by atoms with E-state index >= 15 is 0 Å². The number of hydrogen-bond donors (Lipinski definition) is 0. The fourth-order valence-electron chi connectivity index (χ4n) is 9.28. The number of hydrogen-bond acceptors (Lipinski definition) is 3. The minimum atomic E-state index is -0.633. The highest BCUT2D eigenvalue weighted by Gasteiger charge is 2.46. The van der Waals surface area contributed by atoms with E-state index in [9.17, 15) is 0 Å². The van der Waals surface area contributed by atoms with Gasteiger partial charge in [-0.05, 0) is 78.9 Å². The van der Waals surface area contributed by atoms with Crippen LogP contribution in [-0.2, 0) is 5.41 Å². The molecule has 1 aromatic heterocycles. The molecule has 0 amide bonds. The Bertz CT molecular complexity index is 3160. The topological polar surface area (TPSA) is 43.0 Å². The summed E-state index contributed by atoms with van der Waals surface area (Å²) in [7, 11) is 0. The van der Waals surface area contributed by atoms with E-state index in [1.807, 2.05) is 24.3 Å². The Labute approximate surface area is 367 Å². The molecule has 0 saturated heterocycles. The maximum atomic E-state index is 8.21. The van der Waals surface area contributed by atoms with Gasteiger partial charge in [-0.3, -0.25) is 0 Å². The lowest BCUT2D eigenvalue weighted by atomic mass is 9.67. The van der Waals surface area contributed by atoms with Crippen molar-refractivity contribution in [2.24, 2.45) is 0 Å². The van der Waals surface area contributed by atoms with Crippen molar-refractivity contribution in [3.05, 3.63) is 264 Å². The van der Waals surface area contributed by atoms with E-state index in [0.717, 1.165) is 83.5 Å². The van der Waals surface area contributed by atoms with Crippen LogP contribution in [-0.4, -0.2) is 15.0 Å². The molecule has 11 rings (SSSR count). The molecule has 0 unspecified atom stereocenters. The molecule has 0 fully saturated rings. The highest BCUT2D eigenvalue weighted by molar-refractivity contribution is 5.95. The Balaban J connectivity index is 1.05. The molecule has 0 aliphatic heterocycles. The number of rotatable bonds is 8. The lowest BCUT2D eigenvalue weighted by molar-refractivity contribution is 0.769. The first-order chi connectivity index (χ1) is 31.2. The third-order valence-corrected chi connectivity index (χ3v) is 12.3. The van der Waals surface area contributed by atoms with E-state index in [0.29, 0.717) is 23.2 Å². The van der Waals surface area contributed by atoms with Gasteiger partial charge in [0, 0.05) is 16.7 Å². The Morgan fingerprint density at radius 3 is 1.24 bits per heavy atom. The van der Waals surface area contributed by atoms with Crippen molar-refractivity contribution in [2.75, 3.05) is 0 Å². The van der Waals surface area contributed by atoms with Gasteiger partial charge in [0.2, 0.25) is 0 Å². The van der Waals surface area contributed by atoms with Crippen LogP contribution in [0, 0.1) is 6.57 Å². The number of nitrogens with zero attached hydrogens (tertiary/aromatic N) is 4. The van der Waals surface area contributed by atoms with Crippen LogP contribution in [0.1, 0.15) is 22.3 Å². The summed E-state index contributed by atoms with van der Waals surface area (Å²) >= 11 is 0. The van der Waals surface area contributed by atoms with Crippen LogP contribution in [0.5, 0.6) is 0 Å². The zero-order valence-corrected chi connectivity index (χ0v) is 34.2. The first-order valence-electron chi connectivity index (χ1n) is 21.1. The van der Waals surface area contributed by atoms with Crippen LogP contribution < -0.4 is 0 Å². The first-order valence-corrected chi connectivity index (χ1v) is 21.1. The normalized spacial score (nSPS) is 12.2. The van der Waals surface area contributed by atoms with E-state index in [1.165, 1.54) is 0 Å². The number of benzene rings is 9. The Hall–Kier alpha value is -8.52. The van der Waals surface area contributed by atoms with Crippen molar-refractivity contribution < 1.29 is 0 Å². The van der Waals surface area contributed by atoms with Crippen LogP contribution in [0.4, 0.5) is 5.69 Å². The summed E-state index contributed by atoms with van der Waals surface area (Å²) in [6, 6.07) is 80.4. The van der Waals surface area contributed by atoms with Gasteiger partial charge in [-0.25, -0.2) is 19.8 Å². The maximum absolute atomic E-state index is 8.21. The Morgan fingerprint density at radius 1 is 0.317 bits per heavy atom. The van der Waals surface area contributed by atoms with E-state index in [4.69, 9.17) is 21.5 Å². The van der Waals surface area contributed by atoms with E-state index in [2.05, 4.69) is 211 Å². The van der Waals surface area contributed by atoms with Crippen molar-refractivity contribution in [1.82, 2.24) is 15.0 Å². The Morgan fingerprint density at radius 2 is 0.714 bits per heavy atom. The maximum Gasteiger partial charge on any atom is 0.195 e.